The predicted molar refractivity (Wildman–Crippen MR) is 132 cm³/mol. The molecule has 0 bridgehead atoms. The van der Waals surface area contributed by atoms with Crippen LogP contribution >= 0.6 is 0 Å². The van der Waals surface area contributed by atoms with Crippen molar-refractivity contribution >= 4 is 23.5 Å². The molecule has 1 saturated heterocycles. The number of allylic oxidation sites excluding steroid dienone is 2. The van der Waals surface area contributed by atoms with Gasteiger partial charge >= 0.3 is 0 Å². The Bertz CT molecular complexity index is 1210. The smallest absolute Gasteiger partial charge is 0.270 e. The number of nitrogens with one attached hydrogen (secondary N) is 3. The Kier molecular flexibility index (Phi) is 5.69. The van der Waals surface area contributed by atoms with Crippen LogP contribution in [0.15, 0.2) is 54.5 Å². The number of aromatic nitrogens is 3. The summed E-state index contributed by atoms with van der Waals surface area (Å²) in [5.41, 5.74) is 2.74. The van der Waals surface area contributed by atoms with Gasteiger partial charge in [-0.05, 0) is 48.6 Å². The van der Waals surface area contributed by atoms with E-state index in [0.29, 0.717) is 49.2 Å². The monoisotopic (exact) mass is 458 g/mol. The molecule has 0 spiro atoms. The van der Waals surface area contributed by atoms with Crippen molar-refractivity contribution < 1.29 is 6.22 Å². The molecule has 0 saturated carbocycles. The third-order valence-corrected chi connectivity index (χ3v) is 6.58. The first-order valence-corrected chi connectivity index (χ1v) is 11.6. The molecular formula is C25H30N8O. The Hall–Kier alpha value is -3.88. The van der Waals surface area contributed by atoms with E-state index in [9.17, 15) is 4.79 Å². The van der Waals surface area contributed by atoms with Gasteiger partial charge in [-0.2, -0.15) is 0 Å². The summed E-state index contributed by atoms with van der Waals surface area (Å²) in [6, 6.07) is 3.66. The zero-order chi connectivity index (χ0) is 23.7. The van der Waals surface area contributed by atoms with Crippen LogP contribution < -0.4 is 10.2 Å². The number of fused-ring (bicyclic) bond motifs is 1. The van der Waals surface area contributed by atoms with E-state index in [0.717, 1.165) is 36.1 Å². The number of nitrogens with zero attached hydrogens (tertiary/aromatic N) is 5. The Morgan fingerprint density at radius 1 is 1.18 bits per heavy atom. The zero-order valence-corrected chi connectivity index (χ0v) is 19.2. The number of pyridine rings is 1. The minimum Gasteiger partial charge on any atom is -0.342 e. The number of hydrogen-bond acceptors (Lipinski definition) is 7. The average Bonchev–Trinajstić information content (AvgIpc) is 3.29. The van der Waals surface area contributed by atoms with Crippen LogP contribution in [0.5, 0.6) is 0 Å². The molecule has 34 heavy (non-hydrogen) atoms. The lowest BCUT2D eigenvalue weighted by Crippen LogP contribution is -2.47. The lowest BCUT2D eigenvalue weighted by atomic mass is 9.87. The molecule has 1 fully saturated rings. The lowest BCUT2D eigenvalue weighted by molar-refractivity contribution is 0.0917. The molecule has 5 rings (SSSR count). The fourth-order valence-corrected chi connectivity index (χ4v) is 4.74. The van der Waals surface area contributed by atoms with Gasteiger partial charge in [0, 0.05) is 52.5 Å². The highest BCUT2D eigenvalue weighted by Gasteiger charge is 2.32. The molecule has 3 N–H and O–H groups in total. The third-order valence-electron chi connectivity index (χ3n) is 6.58. The normalized spacial score (nSPS) is 21.8. The van der Waals surface area contributed by atoms with E-state index in [1.54, 1.807) is 29.6 Å². The fraction of sp³-hybridized carbons (Fsp3) is 0.360. The van der Waals surface area contributed by atoms with Crippen LogP contribution in [0.2, 0.25) is 0 Å². The summed E-state index contributed by atoms with van der Waals surface area (Å²) in [6.45, 7) is 4.09. The molecule has 0 aromatic carbocycles. The maximum absolute atomic E-state index is 13.2. The summed E-state index contributed by atoms with van der Waals surface area (Å²) in [4.78, 5) is 30.2. The Labute approximate surface area is 200 Å². The van der Waals surface area contributed by atoms with Crippen molar-refractivity contribution in [2.24, 2.45) is 0 Å². The average molecular weight is 459 g/mol. The second-order valence-corrected chi connectivity index (χ2v) is 9.21. The molecule has 2 aromatic rings. The van der Waals surface area contributed by atoms with Gasteiger partial charge in [0.25, 0.3) is 5.91 Å². The van der Waals surface area contributed by atoms with Gasteiger partial charge in [0.1, 0.15) is 17.4 Å². The van der Waals surface area contributed by atoms with Crippen molar-refractivity contribution in [1.29, 1.82) is 10.8 Å². The Morgan fingerprint density at radius 2 is 2.00 bits per heavy atom. The van der Waals surface area contributed by atoms with Crippen LogP contribution in [0.1, 0.15) is 49.2 Å². The molecule has 2 aromatic heterocycles. The van der Waals surface area contributed by atoms with Gasteiger partial charge in [-0.1, -0.05) is 18.2 Å². The third kappa shape index (κ3) is 4.33. The van der Waals surface area contributed by atoms with E-state index in [1.165, 1.54) is 0 Å². The summed E-state index contributed by atoms with van der Waals surface area (Å²) in [7, 11) is 0. The molecular weight excluding hydrogens is 428 g/mol. The van der Waals surface area contributed by atoms with Gasteiger partial charge < -0.3 is 15.1 Å². The first kappa shape index (κ1) is 21.9. The van der Waals surface area contributed by atoms with Crippen LogP contribution in [0.25, 0.3) is 0 Å². The largest absolute Gasteiger partial charge is 0.342 e. The second-order valence-electron chi connectivity index (χ2n) is 9.21. The molecule has 1 atom stereocenters. The second kappa shape index (κ2) is 8.81. The molecule has 1 aliphatic carbocycles. The SMILES string of the molecule is CC1(NC(=O)c2cc3c(cn2)CCN(c2ncccn2)C3)C=CC=C(C(=N)N2CCCC2=N)C1.[HH]. The number of amides is 1. The van der Waals surface area contributed by atoms with Gasteiger partial charge in [-0.15, -0.1) is 0 Å². The molecule has 3 aliphatic rings. The van der Waals surface area contributed by atoms with Crippen molar-refractivity contribution in [2.75, 3.05) is 18.0 Å². The summed E-state index contributed by atoms with van der Waals surface area (Å²) in [5.74, 6) is 1.27. The maximum Gasteiger partial charge on any atom is 0.270 e. The fourth-order valence-electron chi connectivity index (χ4n) is 4.74. The van der Waals surface area contributed by atoms with Crippen LogP contribution in [0.3, 0.4) is 0 Å². The molecule has 9 heteroatoms. The van der Waals surface area contributed by atoms with Crippen molar-refractivity contribution in [3.05, 3.63) is 71.3 Å². The number of carbonyl (C=O) groups excluding carboxylic acids is 1. The predicted octanol–water partition coefficient (Wildman–Crippen LogP) is 3.11. The van der Waals surface area contributed by atoms with Crippen molar-refractivity contribution in [3.8, 4) is 0 Å². The number of anilines is 1. The summed E-state index contributed by atoms with van der Waals surface area (Å²) < 4.78 is 0. The Balaban J connectivity index is 0.00000289. The minimum atomic E-state index is -0.642. The molecule has 9 nitrogen and oxygen atoms in total. The lowest BCUT2D eigenvalue weighted by Gasteiger charge is -2.33. The van der Waals surface area contributed by atoms with Crippen LogP contribution in [-0.4, -0.2) is 56.1 Å². The summed E-state index contributed by atoms with van der Waals surface area (Å²) >= 11 is 0. The highest BCUT2D eigenvalue weighted by atomic mass is 16.2. The van der Waals surface area contributed by atoms with Crippen LogP contribution in [0.4, 0.5) is 5.95 Å². The van der Waals surface area contributed by atoms with E-state index in [4.69, 9.17) is 10.8 Å². The van der Waals surface area contributed by atoms with Crippen LogP contribution in [-0.2, 0) is 13.0 Å². The minimum absolute atomic E-state index is 0. The number of likely N-dealkylation sites (tertiary alicyclic amines) is 1. The van der Waals surface area contributed by atoms with Gasteiger partial charge in [-0.25, -0.2) is 9.97 Å². The van der Waals surface area contributed by atoms with Crippen molar-refractivity contribution in [1.82, 2.24) is 25.2 Å². The highest BCUT2D eigenvalue weighted by Crippen LogP contribution is 2.27. The standard InChI is InChI=1S/C25H28N8O.H2/c1-25(8-2-5-17(14-25)22(27)33-11-3-6-21(33)26)31-23(34)20-13-19-16-32(12-7-18(19)15-30-20)24-28-9-4-10-29-24;/h2,4-5,8-10,13,15,26-27H,3,6-7,11-12,14,16H2,1H3,(H,31,34);1H. The number of hydrogen-bond donors (Lipinski definition) is 3. The summed E-state index contributed by atoms with van der Waals surface area (Å²) in [6.07, 6.45) is 13.9. The van der Waals surface area contributed by atoms with E-state index in [2.05, 4.69) is 25.2 Å². The van der Waals surface area contributed by atoms with Gasteiger partial charge in [0.2, 0.25) is 5.95 Å². The molecule has 4 heterocycles. The zero-order valence-electron chi connectivity index (χ0n) is 19.2. The maximum atomic E-state index is 13.2. The quantitative estimate of drug-likeness (QED) is 0.478. The van der Waals surface area contributed by atoms with Gasteiger partial charge in [0.05, 0.1) is 5.54 Å². The van der Waals surface area contributed by atoms with Gasteiger partial charge in [0.15, 0.2) is 0 Å². The molecule has 2 aliphatic heterocycles. The first-order chi connectivity index (χ1) is 16.4. The summed E-state index contributed by atoms with van der Waals surface area (Å²) in [5, 5.41) is 19.8. The van der Waals surface area contributed by atoms with Crippen LogP contribution in [0, 0.1) is 10.8 Å². The van der Waals surface area contributed by atoms with E-state index >= 15 is 0 Å². The highest BCUT2D eigenvalue weighted by molar-refractivity contribution is 6.08. The number of rotatable bonds is 4. The molecule has 1 amide bonds. The Morgan fingerprint density at radius 3 is 2.76 bits per heavy atom. The van der Waals surface area contributed by atoms with E-state index in [1.807, 2.05) is 31.2 Å². The first-order valence-electron chi connectivity index (χ1n) is 11.6. The molecule has 0 radical (unpaired) electrons. The molecule has 176 valence electrons. The van der Waals surface area contributed by atoms with E-state index < -0.39 is 5.54 Å². The topological polar surface area (TPSA) is 122 Å². The number of amidine groups is 2. The van der Waals surface area contributed by atoms with E-state index in [-0.39, 0.29) is 7.33 Å². The van der Waals surface area contributed by atoms with Crippen molar-refractivity contribution in [3.63, 3.8) is 0 Å². The molecule has 1 unspecified atom stereocenters. The van der Waals surface area contributed by atoms with Crippen molar-refractivity contribution in [2.45, 2.75) is 44.7 Å². The van der Waals surface area contributed by atoms with Gasteiger partial charge in [-0.3, -0.25) is 20.6 Å². The number of carbonyl (C=O) groups is 1.